The number of hydrazine groups is 1. The van der Waals surface area contributed by atoms with E-state index in [1.54, 1.807) is 0 Å². The Morgan fingerprint density at radius 2 is 1.77 bits per heavy atom. The number of amides is 1. The topological polar surface area (TPSA) is 66.2 Å². The Labute approximate surface area is 186 Å². The van der Waals surface area contributed by atoms with Crippen LogP contribution in [0.25, 0.3) is 32.8 Å². The van der Waals surface area contributed by atoms with Gasteiger partial charge in [-0.2, -0.15) is 0 Å². The molecule has 6 heteroatoms. The molecule has 5 nitrogen and oxygen atoms in total. The van der Waals surface area contributed by atoms with E-state index in [0.717, 1.165) is 44.2 Å². The molecular formula is C25H26ClN3O2. The van der Waals surface area contributed by atoms with Crippen molar-refractivity contribution in [1.29, 1.82) is 0 Å². The summed E-state index contributed by atoms with van der Waals surface area (Å²) in [6.45, 7) is 8.61. The maximum Gasteiger partial charge on any atom is 0.425 e. The Hall–Kier alpha value is -3.18. The first-order chi connectivity index (χ1) is 14.7. The monoisotopic (exact) mass is 435 g/mol. The molecule has 0 atom stereocenters. The number of aromatic amines is 1. The zero-order valence-electron chi connectivity index (χ0n) is 18.3. The minimum Gasteiger partial charge on any atom is -0.452 e. The van der Waals surface area contributed by atoms with Gasteiger partial charge in [0.25, 0.3) is 0 Å². The first-order valence-corrected chi connectivity index (χ1v) is 10.5. The van der Waals surface area contributed by atoms with Gasteiger partial charge in [0.1, 0.15) is 0 Å². The molecule has 0 saturated carbocycles. The molecule has 4 aromatic rings. The normalized spacial score (nSPS) is 11.7. The van der Waals surface area contributed by atoms with E-state index < -0.39 is 6.09 Å². The van der Waals surface area contributed by atoms with Gasteiger partial charge >= 0.3 is 6.09 Å². The highest BCUT2D eigenvalue weighted by molar-refractivity contribution is 6.31. The maximum absolute atomic E-state index is 11.8. The molecule has 3 N–H and O–H groups in total. The molecule has 160 valence electrons. The first-order valence-electron chi connectivity index (χ1n) is 10.1. The molecule has 31 heavy (non-hydrogen) atoms. The summed E-state index contributed by atoms with van der Waals surface area (Å²) in [5.41, 5.74) is 11.6. The molecule has 0 aliphatic heterocycles. The number of anilines is 1. The molecule has 1 aromatic heterocycles. The second-order valence-electron chi connectivity index (χ2n) is 8.77. The molecule has 0 spiro atoms. The lowest BCUT2D eigenvalue weighted by Crippen LogP contribution is -2.29. The fraction of sp³-hybridized carbons (Fsp3) is 0.240. The van der Waals surface area contributed by atoms with Crippen molar-refractivity contribution in [1.82, 2.24) is 10.4 Å². The number of carbonyl (C=O) groups is 1. The number of aromatic nitrogens is 1. The summed E-state index contributed by atoms with van der Waals surface area (Å²) in [6, 6.07) is 16.3. The van der Waals surface area contributed by atoms with E-state index >= 15 is 0 Å². The van der Waals surface area contributed by atoms with Gasteiger partial charge in [0.05, 0.1) is 12.8 Å². The third-order valence-electron chi connectivity index (χ3n) is 5.42. The number of halogens is 1. The maximum atomic E-state index is 11.8. The lowest BCUT2D eigenvalue weighted by Gasteiger charge is -2.22. The number of benzene rings is 3. The van der Waals surface area contributed by atoms with Gasteiger partial charge < -0.3 is 9.72 Å². The van der Waals surface area contributed by atoms with Gasteiger partial charge in [-0.1, -0.05) is 62.2 Å². The van der Waals surface area contributed by atoms with Crippen LogP contribution in [-0.2, 0) is 10.2 Å². The van der Waals surface area contributed by atoms with Crippen LogP contribution in [0.2, 0.25) is 5.02 Å². The van der Waals surface area contributed by atoms with Gasteiger partial charge in [-0.3, -0.25) is 5.43 Å². The summed E-state index contributed by atoms with van der Waals surface area (Å²) in [5, 5.41) is 3.90. The van der Waals surface area contributed by atoms with Crippen LogP contribution >= 0.6 is 11.6 Å². The number of rotatable bonds is 3. The lowest BCUT2D eigenvalue weighted by atomic mass is 9.84. The summed E-state index contributed by atoms with van der Waals surface area (Å²) in [6.07, 6.45) is -0.562. The van der Waals surface area contributed by atoms with Crippen molar-refractivity contribution < 1.29 is 9.53 Å². The second kappa shape index (κ2) is 7.82. The van der Waals surface area contributed by atoms with Crippen LogP contribution in [0.3, 0.4) is 0 Å². The molecule has 3 aromatic carbocycles. The Balaban J connectivity index is 2.10. The number of methoxy groups -OCH3 is 1. The van der Waals surface area contributed by atoms with Crippen LogP contribution in [0.15, 0.2) is 48.5 Å². The van der Waals surface area contributed by atoms with E-state index in [2.05, 4.69) is 61.7 Å². The van der Waals surface area contributed by atoms with Crippen LogP contribution in [0.5, 0.6) is 0 Å². The molecule has 1 heterocycles. The second-order valence-corrected chi connectivity index (χ2v) is 9.21. The highest BCUT2D eigenvalue weighted by Gasteiger charge is 2.26. The zero-order chi connectivity index (χ0) is 22.3. The molecule has 0 fully saturated rings. The summed E-state index contributed by atoms with van der Waals surface area (Å²) in [7, 11) is 1.33. The summed E-state index contributed by atoms with van der Waals surface area (Å²) in [4.78, 5) is 15.4. The Kier molecular flexibility index (Phi) is 5.31. The van der Waals surface area contributed by atoms with E-state index in [-0.39, 0.29) is 5.41 Å². The van der Waals surface area contributed by atoms with Gasteiger partial charge in [0.2, 0.25) is 0 Å². The molecule has 0 aliphatic carbocycles. The standard InChI is InChI=1S/C25H26ClN3O2/c1-14-6-9-17-15(12-14)7-10-20(28-29-24(30)31-5)21(17)22-18-13-16(26)8-11-19(18)27-23(22)25(2,3)4/h6-13,27-28H,1-5H3,(H,29,30). The Bertz CT molecular complexity index is 1300. The molecule has 4 rings (SSSR count). The number of hydrogen-bond donors (Lipinski definition) is 3. The van der Waals surface area contributed by atoms with E-state index in [9.17, 15) is 4.79 Å². The highest BCUT2D eigenvalue weighted by atomic mass is 35.5. The minimum atomic E-state index is -0.562. The number of ether oxygens (including phenoxy) is 1. The van der Waals surface area contributed by atoms with Crippen molar-refractivity contribution in [3.63, 3.8) is 0 Å². The smallest absolute Gasteiger partial charge is 0.425 e. The molecule has 0 aliphatic rings. The van der Waals surface area contributed by atoms with E-state index in [1.807, 2.05) is 30.3 Å². The average Bonchev–Trinajstić information content (AvgIpc) is 3.10. The van der Waals surface area contributed by atoms with Gasteiger partial charge in [-0.05, 0) is 42.0 Å². The Morgan fingerprint density at radius 3 is 2.48 bits per heavy atom. The van der Waals surface area contributed by atoms with Crippen LogP contribution in [0, 0.1) is 6.92 Å². The number of aryl methyl sites for hydroxylation is 1. The van der Waals surface area contributed by atoms with Crippen molar-refractivity contribution in [2.45, 2.75) is 33.1 Å². The van der Waals surface area contributed by atoms with Crippen LogP contribution in [-0.4, -0.2) is 18.2 Å². The fourth-order valence-electron chi connectivity index (χ4n) is 3.98. The van der Waals surface area contributed by atoms with Gasteiger partial charge in [-0.15, -0.1) is 0 Å². The highest BCUT2D eigenvalue weighted by Crippen LogP contribution is 2.45. The molecule has 0 saturated heterocycles. The average molecular weight is 436 g/mol. The van der Waals surface area contributed by atoms with E-state index in [0.29, 0.717) is 5.02 Å². The Morgan fingerprint density at radius 1 is 1.00 bits per heavy atom. The SMILES string of the molecule is COC(=O)NNc1ccc2cc(C)ccc2c1-c1c(C(C)(C)C)[nH]c2ccc(Cl)cc12. The third kappa shape index (κ3) is 3.93. The van der Waals surface area contributed by atoms with Crippen molar-refractivity contribution in [3.8, 4) is 11.1 Å². The largest absolute Gasteiger partial charge is 0.452 e. The molecular weight excluding hydrogens is 410 g/mol. The van der Waals surface area contributed by atoms with Gasteiger partial charge in [0.15, 0.2) is 0 Å². The van der Waals surface area contributed by atoms with Gasteiger partial charge in [-0.25, -0.2) is 10.2 Å². The number of H-pyrrole nitrogens is 1. The lowest BCUT2D eigenvalue weighted by molar-refractivity contribution is 0.173. The number of carbonyl (C=O) groups excluding carboxylic acids is 1. The van der Waals surface area contributed by atoms with Crippen molar-refractivity contribution in [2.24, 2.45) is 0 Å². The number of nitrogens with one attached hydrogen (secondary N) is 3. The van der Waals surface area contributed by atoms with Gasteiger partial charge in [0, 0.05) is 38.2 Å². The third-order valence-corrected chi connectivity index (χ3v) is 5.66. The van der Waals surface area contributed by atoms with Crippen molar-refractivity contribution >= 4 is 45.1 Å². The quantitative estimate of drug-likeness (QED) is 0.305. The molecule has 1 amide bonds. The summed E-state index contributed by atoms with van der Waals surface area (Å²) >= 11 is 6.40. The predicted molar refractivity (Wildman–Crippen MR) is 129 cm³/mol. The fourth-order valence-corrected chi connectivity index (χ4v) is 4.15. The van der Waals surface area contributed by atoms with E-state index in [1.165, 1.54) is 12.7 Å². The van der Waals surface area contributed by atoms with Crippen molar-refractivity contribution in [3.05, 3.63) is 64.8 Å². The zero-order valence-corrected chi connectivity index (χ0v) is 19.1. The van der Waals surface area contributed by atoms with Crippen LogP contribution in [0.1, 0.15) is 32.0 Å². The van der Waals surface area contributed by atoms with Crippen LogP contribution < -0.4 is 10.9 Å². The first kappa shape index (κ1) is 21.1. The molecule has 0 unspecified atom stereocenters. The minimum absolute atomic E-state index is 0.152. The predicted octanol–water partition coefficient (Wildman–Crippen LogP) is 6.93. The number of hydrogen-bond acceptors (Lipinski definition) is 3. The summed E-state index contributed by atoms with van der Waals surface area (Å²) < 4.78 is 4.73. The van der Waals surface area contributed by atoms with Crippen molar-refractivity contribution in [2.75, 3.05) is 12.5 Å². The number of fused-ring (bicyclic) bond motifs is 2. The van der Waals surface area contributed by atoms with E-state index in [4.69, 9.17) is 16.3 Å². The summed E-state index contributed by atoms with van der Waals surface area (Å²) in [5.74, 6) is 0. The van der Waals surface area contributed by atoms with Crippen LogP contribution in [0.4, 0.5) is 10.5 Å². The molecule has 0 radical (unpaired) electrons. The molecule has 0 bridgehead atoms.